The molecule has 7 heteroatoms. The largest absolute Gasteiger partial charge is 0.300 e. The number of nitrogens with zero attached hydrogens (tertiary/aromatic N) is 1. The van der Waals surface area contributed by atoms with E-state index in [1.165, 1.54) is 0 Å². The molecule has 0 amide bonds. The molecule has 0 aliphatic carbocycles. The van der Waals surface area contributed by atoms with Gasteiger partial charge in [-0.2, -0.15) is 0 Å². The summed E-state index contributed by atoms with van der Waals surface area (Å²) < 4.78 is 22.0. The average molecular weight is 258 g/mol. The van der Waals surface area contributed by atoms with Crippen LogP contribution in [-0.2, 0) is 10.0 Å². The summed E-state index contributed by atoms with van der Waals surface area (Å²) in [4.78, 5) is 2.09. The van der Waals surface area contributed by atoms with Crippen LogP contribution in [0.3, 0.4) is 0 Å². The summed E-state index contributed by atoms with van der Waals surface area (Å²) in [6.07, 6.45) is 7.78. The van der Waals surface area contributed by atoms with E-state index in [0.717, 1.165) is 25.8 Å². The molecule has 0 aromatic rings. The first kappa shape index (κ1) is 12.8. The molecule has 2 rings (SSSR count). The van der Waals surface area contributed by atoms with Crippen LogP contribution in [-0.4, -0.2) is 43.9 Å². The summed E-state index contributed by atoms with van der Waals surface area (Å²) in [6, 6.07) is 0. The lowest BCUT2D eigenvalue weighted by Gasteiger charge is -2.38. The van der Waals surface area contributed by atoms with Crippen molar-refractivity contribution in [2.45, 2.75) is 30.2 Å². The predicted octanol–water partition coefficient (Wildman–Crippen LogP) is -1.43. The number of nitrogens with two attached hydrogens (primary N) is 1. The molecule has 0 atom stereocenters. The summed E-state index contributed by atoms with van der Waals surface area (Å²) in [5, 5.41) is 4.68. The van der Waals surface area contributed by atoms with Crippen LogP contribution in [0.1, 0.15) is 19.3 Å². The van der Waals surface area contributed by atoms with Crippen LogP contribution >= 0.6 is 0 Å². The summed E-state index contributed by atoms with van der Waals surface area (Å²) in [5.41, 5.74) is 6.20. The molecule has 0 aromatic heterocycles. The lowest BCUT2D eigenvalue weighted by atomic mass is 10.0. The standard InChI is InChI=1S/C10H18N4O2S/c1-2-3-4-10(12-13-10)5-6-14-7-9(8-14)17(11,15)16/h1,9,12-13H,3-8H2,(H2,11,15,16). The highest BCUT2D eigenvalue weighted by Gasteiger charge is 2.42. The molecule has 96 valence electrons. The maximum Gasteiger partial charge on any atom is 0.214 e. The summed E-state index contributed by atoms with van der Waals surface area (Å²) in [5.74, 6) is 2.62. The lowest BCUT2D eigenvalue weighted by Crippen LogP contribution is -2.57. The van der Waals surface area contributed by atoms with E-state index in [1.54, 1.807) is 0 Å². The Morgan fingerprint density at radius 1 is 1.41 bits per heavy atom. The van der Waals surface area contributed by atoms with Crippen molar-refractivity contribution < 1.29 is 8.42 Å². The molecule has 0 unspecified atom stereocenters. The normalized spacial score (nSPS) is 24.0. The van der Waals surface area contributed by atoms with Crippen molar-refractivity contribution in [3.63, 3.8) is 0 Å². The zero-order valence-electron chi connectivity index (χ0n) is 9.65. The molecule has 2 fully saturated rings. The van der Waals surface area contributed by atoms with Crippen LogP contribution in [0.15, 0.2) is 0 Å². The van der Waals surface area contributed by atoms with Crippen LogP contribution in [0.2, 0.25) is 0 Å². The highest BCUT2D eigenvalue weighted by atomic mass is 32.2. The number of rotatable bonds is 6. The van der Waals surface area contributed by atoms with Crippen molar-refractivity contribution >= 4 is 10.0 Å². The Morgan fingerprint density at radius 2 is 2.06 bits per heavy atom. The SMILES string of the molecule is C#CCCC1(CCN2CC(S(N)(=O)=O)C2)NN1. The molecule has 0 spiro atoms. The van der Waals surface area contributed by atoms with E-state index in [4.69, 9.17) is 11.6 Å². The van der Waals surface area contributed by atoms with Gasteiger partial charge in [-0.3, -0.25) is 0 Å². The number of primary sulfonamides is 1. The van der Waals surface area contributed by atoms with Gasteiger partial charge >= 0.3 is 0 Å². The van der Waals surface area contributed by atoms with Gasteiger partial charge in [0.2, 0.25) is 10.0 Å². The molecule has 17 heavy (non-hydrogen) atoms. The van der Waals surface area contributed by atoms with E-state index in [0.29, 0.717) is 13.1 Å². The molecule has 2 aliphatic rings. The van der Waals surface area contributed by atoms with Crippen molar-refractivity contribution in [2.75, 3.05) is 19.6 Å². The summed E-state index contributed by atoms with van der Waals surface area (Å²) >= 11 is 0. The van der Waals surface area contributed by atoms with Crippen LogP contribution in [0.25, 0.3) is 0 Å². The molecule has 2 heterocycles. The van der Waals surface area contributed by atoms with Gasteiger partial charge in [-0.1, -0.05) is 0 Å². The Morgan fingerprint density at radius 3 is 2.53 bits per heavy atom. The predicted molar refractivity (Wildman–Crippen MR) is 65.0 cm³/mol. The Bertz CT molecular complexity index is 418. The smallest absolute Gasteiger partial charge is 0.214 e. The number of hydrazine groups is 1. The molecular weight excluding hydrogens is 240 g/mol. The van der Waals surface area contributed by atoms with Crippen LogP contribution in [0, 0.1) is 12.3 Å². The first-order valence-corrected chi connectivity index (χ1v) is 7.28. The second kappa shape index (κ2) is 4.55. The number of sulfonamides is 1. The number of hydrogen-bond donors (Lipinski definition) is 3. The fraction of sp³-hybridized carbons (Fsp3) is 0.800. The maximum atomic E-state index is 11.0. The highest BCUT2D eigenvalue weighted by Crippen LogP contribution is 2.24. The van der Waals surface area contributed by atoms with E-state index in [1.807, 2.05) is 0 Å². The fourth-order valence-electron chi connectivity index (χ4n) is 2.01. The molecule has 2 aliphatic heterocycles. The minimum atomic E-state index is -3.35. The van der Waals surface area contributed by atoms with Crippen LogP contribution in [0.5, 0.6) is 0 Å². The number of hydrogen-bond acceptors (Lipinski definition) is 5. The Labute approximate surface area is 102 Å². The molecule has 0 aromatic carbocycles. The van der Waals surface area contributed by atoms with Gasteiger partial charge in [-0.25, -0.2) is 24.4 Å². The van der Waals surface area contributed by atoms with E-state index in [9.17, 15) is 8.42 Å². The van der Waals surface area contributed by atoms with Gasteiger partial charge in [0, 0.05) is 26.1 Å². The van der Waals surface area contributed by atoms with Gasteiger partial charge in [0.15, 0.2) is 0 Å². The Balaban J connectivity index is 1.67. The molecule has 2 saturated heterocycles. The molecule has 0 radical (unpaired) electrons. The third-order valence-corrected chi connectivity index (χ3v) is 4.65. The van der Waals surface area contributed by atoms with Gasteiger partial charge in [0.05, 0.1) is 5.66 Å². The Hall–Kier alpha value is -0.650. The summed E-state index contributed by atoms with van der Waals surface area (Å²) in [6.45, 7) is 1.95. The third kappa shape index (κ3) is 3.18. The minimum Gasteiger partial charge on any atom is -0.300 e. The van der Waals surface area contributed by atoms with E-state index in [2.05, 4.69) is 21.7 Å². The molecule has 0 saturated carbocycles. The van der Waals surface area contributed by atoms with Crippen molar-refractivity contribution in [1.82, 2.24) is 15.8 Å². The van der Waals surface area contributed by atoms with Gasteiger partial charge in [-0.15, -0.1) is 12.3 Å². The van der Waals surface area contributed by atoms with Gasteiger partial charge < -0.3 is 4.90 Å². The van der Waals surface area contributed by atoms with E-state index >= 15 is 0 Å². The van der Waals surface area contributed by atoms with Gasteiger partial charge in [-0.05, 0) is 12.8 Å². The Kier molecular flexibility index (Phi) is 3.43. The van der Waals surface area contributed by atoms with Crippen molar-refractivity contribution in [3.05, 3.63) is 0 Å². The van der Waals surface area contributed by atoms with Gasteiger partial charge in [0.25, 0.3) is 0 Å². The van der Waals surface area contributed by atoms with Gasteiger partial charge in [0.1, 0.15) is 5.25 Å². The molecular formula is C10H18N4O2S. The number of nitrogens with one attached hydrogen (secondary N) is 2. The lowest BCUT2D eigenvalue weighted by molar-refractivity contribution is 0.174. The zero-order valence-corrected chi connectivity index (χ0v) is 10.5. The number of terminal acetylenes is 1. The minimum absolute atomic E-state index is 0.0287. The first-order chi connectivity index (χ1) is 7.95. The number of likely N-dealkylation sites (tertiary alicyclic amines) is 1. The van der Waals surface area contributed by atoms with Crippen LogP contribution in [0.4, 0.5) is 0 Å². The average Bonchev–Trinajstić information content (AvgIpc) is 2.91. The maximum absolute atomic E-state index is 11.0. The third-order valence-electron chi connectivity index (χ3n) is 3.42. The quantitative estimate of drug-likeness (QED) is 0.400. The van der Waals surface area contributed by atoms with Crippen LogP contribution < -0.4 is 16.0 Å². The summed E-state index contributed by atoms with van der Waals surface area (Å²) in [7, 11) is -3.35. The van der Waals surface area contributed by atoms with Crippen molar-refractivity contribution in [1.29, 1.82) is 0 Å². The monoisotopic (exact) mass is 258 g/mol. The highest BCUT2D eigenvalue weighted by molar-refractivity contribution is 7.89. The molecule has 4 N–H and O–H groups in total. The second-order valence-electron chi connectivity index (χ2n) is 4.76. The fourth-order valence-corrected chi connectivity index (χ4v) is 2.85. The van der Waals surface area contributed by atoms with E-state index in [-0.39, 0.29) is 10.9 Å². The van der Waals surface area contributed by atoms with Crippen molar-refractivity contribution in [2.24, 2.45) is 5.14 Å². The topological polar surface area (TPSA) is 107 Å². The zero-order chi connectivity index (χ0) is 12.5. The van der Waals surface area contributed by atoms with Crippen molar-refractivity contribution in [3.8, 4) is 12.3 Å². The molecule has 0 bridgehead atoms. The second-order valence-corrected chi connectivity index (χ2v) is 6.60. The van der Waals surface area contributed by atoms with E-state index < -0.39 is 10.0 Å². The first-order valence-electron chi connectivity index (χ1n) is 5.67. The molecule has 6 nitrogen and oxygen atoms in total.